The summed E-state index contributed by atoms with van der Waals surface area (Å²) in [7, 11) is 3.55. The number of carboxylic acid groups (broad SMARTS) is 1. The van der Waals surface area contributed by atoms with E-state index in [1.165, 1.54) is 0 Å². The second-order valence-corrected chi connectivity index (χ2v) is 3.97. The Hall–Kier alpha value is -0.260. The summed E-state index contributed by atoms with van der Waals surface area (Å²) in [6.45, 7) is 0.840. The fraction of sp³-hybridized carbons (Fsp3) is 0.875. The van der Waals surface area contributed by atoms with Gasteiger partial charge in [0.1, 0.15) is 6.04 Å². The molecule has 2 unspecified atom stereocenters. The van der Waals surface area contributed by atoms with Gasteiger partial charge in [-0.3, -0.25) is 4.79 Å². The number of hydrogen-bond donors (Lipinski definition) is 3. The first-order valence-electron chi connectivity index (χ1n) is 4.23. The fourth-order valence-electron chi connectivity index (χ4n) is 1.10. The van der Waals surface area contributed by atoms with Crippen molar-refractivity contribution in [2.24, 2.45) is 0 Å². The molecule has 0 aromatic rings. The quantitative estimate of drug-likeness (QED) is 0.547. The van der Waals surface area contributed by atoms with Crippen LogP contribution in [-0.4, -0.2) is 49.3 Å². The Labute approximate surface area is 83.5 Å². The lowest BCUT2D eigenvalue weighted by Crippen LogP contribution is -2.38. The zero-order chi connectivity index (χ0) is 10.3. The van der Waals surface area contributed by atoms with Crippen molar-refractivity contribution in [3.05, 3.63) is 0 Å². The van der Waals surface area contributed by atoms with Crippen LogP contribution in [-0.2, 0) is 4.79 Å². The minimum Gasteiger partial charge on any atom is -0.480 e. The number of carbonyl (C=O) groups is 1. The zero-order valence-electron chi connectivity index (χ0n) is 8.33. The predicted molar refractivity (Wildman–Crippen MR) is 56.3 cm³/mol. The molecule has 0 aromatic heterocycles. The maximum absolute atomic E-state index is 10.7. The van der Waals surface area contributed by atoms with Gasteiger partial charge in [-0.2, -0.15) is 11.8 Å². The van der Waals surface area contributed by atoms with E-state index in [9.17, 15) is 4.79 Å². The third-order valence-electron chi connectivity index (χ3n) is 1.91. The van der Waals surface area contributed by atoms with Crippen LogP contribution in [0, 0.1) is 0 Å². The fourth-order valence-corrected chi connectivity index (χ4v) is 1.81. The van der Waals surface area contributed by atoms with E-state index in [0.717, 1.165) is 6.54 Å². The first kappa shape index (κ1) is 12.7. The standard InChI is InChI=1S/C8H18N2O2S/c1-9-5-6(13-3)4-7(10-2)8(11)12/h6-7,9-10H,4-5H2,1-3H3,(H,11,12). The number of rotatable bonds is 7. The summed E-state index contributed by atoms with van der Waals surface area (Å²) in [5.41, 5.74) is 0. The van der Waals surface area contributed by atoms with E-state index in [4.69, 9.17) is 5.11 Å². The van der Waals surface area contributed by atoms with Gasteiger partial charge in [-0.1, -0.05) is 0 Å². The molecule has 0 saturated carbocycles. The summed E-state index contributed by atoms with van der Waals surface area (Å²) in [5, 5.41) is 15.0. The van der Waals surface area contributed by atoms with E-state index in [1.807, 2.05) is 13.3 Å². The highest BCUT2D eigenvalue weighted by atomic mass is 32.2. The molecule has 13 heavy (non-hydrogen) atoms. The second-order valence-electron chi connectivity index (χ2n) is 2.83. The van der Waals surface area contributed by atoms with Gasteiger partial charge in [0, 0.05) is 11.8 Å². The van der Waals surface area contributed by atoms with Crippen LogP contribution in [0.1, 0.15) is 6.42 Å². The molecule has 2 atom stereocenters. The van der Waals surface area contributed by atoms with E-state index in [2.05, 4.69) is 10.6 Å². The molecule has 0 aliphatic heterocycles. The van der Waals surface area contributed by atoms with E-state index in [-0.39, 0.29) is 0 Å². The van der Waals surface area contributed by atoms with E-state index in [1.54, 1.807) is 18.8 Å². The molecule has 0 aliphatic carbocycles. The van der Waals surface area contributed by atoms with Gasteiger partial charge in [-0.25, -0.2) is 0 Å². The predicted octanol–water partition coefficient (Wildman–Crippen LogP) is 0.000100. The van der Waals surface area contributed by atoms with Gasteiger partial charge >= 0.3 is 5.97 Å². The summed E-state index contributed by atoms with van der Waals surface area (Å²) in [5.74, 6) is -0.780. The number of hydrogen-bond acceptors (Lipinski definition) is 4. The average Bonchev–Trinajstić information content (AvgIpc) is 2.11. The molecule has 78 valence electrons. The Morgan fingerprint density at radius 2 is 2.15 bits per heavy atom. The Morgan fingerprint density at radius 1 is 1.54 bits per heavy atom. The van der Waals surface area contributed by atoms with Crippen molar-refractivity contribution < 1.29 is 9.90 Å². The number of nitrogens with one attached hydrogen (secondary N) is 2. The van der Waals surface area contributed by atoms with Crippen LogP contribution in [0.25, 0.3) is 0 Å². The molecular weight excluding hydrogens is 188 g/mol. The van der Waals surface area contributed by atoms with Crippen LogP contribution >= 0.6 is 11.8 Å². The smallest absolute Gasteiger partial charge is 0.320 e. The van der Waals surface area contributed by atoms with Crippen molar-refractivity contribution in [2.75, 3.05) is 26.9 Å². The molecule has 5 heteroatoms. The average molecular weight is 206 g/mol. The normalized spacial score (nSPS) is 15.3. The molecule has 0 radical (unpaired) electrons. The highest BCUT2D eigenvalue weighted by molar-refractivity contribution is 7.99. The SMILES string of the molecule is CNCC(CC(NC)C(=O)O)SC. The van der Waals surface area contributed by atoms with Crippen molar-refractivity contribution in [2.45, 2.75) is 17.7 Å². The van der Waals surface area contributed by atoms with Crippen LogP contribution in [0.15, 0.2) is 0 Å². The highest BCUT2D eigenvalue weighted by Crippen LogP contribution is 2.12. The molecular formula is C8H18N2O2S. The molecule has 0 amide bonds. The number of thioether (sulfide) groups is 1. The summed E-state index contributed by atoms with van der Waals surface area (Å²) >= 11 is 1.69. The molecule has 0 bridgehead atoms. The maximum Gasteiger partial charge on any atom is 0.320 e. The van der Waals surface area contributed by atoms with Crippen molar-refractivity contribution >= 4 is 17.7 Å². The summed E-state index contributed by atoms with van der Waals surface area (Å²) in [6, 6.07) is -0.439. The van der Waals surface area contributed by atoms with Crippen LogP contribution in [0.4, 0.5) is 0 Å². The molecule has 3 N–H and O–H groups in total. The van der Waals surface area contributed by atoms with Gasteiger partial charge in [-0.05, 0) is 26.8 Å². The molecule has 0 aromatic carbocycles. The Kier molecular flexibility index (Phi) is 7.03. The van der Waals surface area contributed by atoms with Crippen LogP contribution in [0.2, 0.25) is 0 Å². The molecule has 0 heterocycles. The Balaban J connectivity index is 3.95. The van der Waals surface area contributed by atoms with E-state index >= 15 is 0 Å². The summed E-state index contributed by atoms with van der Waals surface area (Å²) < 4.78 is 0. The first-order valence-corrected chi connectivity index (χ1v) is 5.52. The van der Waals surface area contributed by atoms with Gasteiger partial charge in [0.15, 0.2) is 0 Å². The largest absolute Gasteiger partial charge is 0.480 e. The zero-order valence-corrected chi connectivity index (χ0v) is 9.15. The van der Waals surface area contributed by atoms with Gasteiger partial charge in [0.05, 0.1) is 0 Å². The van der Waals surface area contributed by atoms with Crippen LogP contribution in [0.3, 0.4) is 0 Å². The van der Waals surface area contributed by atoms with E-state index in [0.29, 0.717) is 11.7 Å². The maximum atomic E-state index is 10.7. The lowest BCUT2D eigenvalue weighted by molar-refractivity contribution is -0.139. The van der Waals surface area contributed by atoms with Gasteiger partial charge in [-0.15, -0.1) is 0 Å². The van der Waals surface area contributed by atoms with Gasteiger partial charge < -0.3 is 15.7 Å². The topological polar surface area (TPSA) is 61.4 Å². The van der Waals surface area contributed by atoms with Crippen molar-refractivity contribution in [3.8, 4) is 0 Å². The minimum atomic E-state index is -0.780. The number of carboxylic acids is 1. The molecule has 0 fully saturated rings. The first-order chi connectivity index (χ1) is 6.15. The molecule has 0 spiro atoms. The summed E-state index contributed by atoms with van der Waals surface area (Å²) in [4.78, 5) is 10.7. The molecule has 0 rings (SSSR count). The molecule has 0 saturated heterocycles. The van der Waals surface area contributed by atoms with Crippen LogP contribution in [0.5, 0.6) is 0 Å². The van der Waals surface area contributed by atoms with Crippen LogP contribution < -0.4 is 10.6 Å². The Bertz CT molecular complexity index is 155. The van der Waals surface area contributed by atoms with Gasteiger partial charge in [0.25, 0.3) is 0 Å². The lowest BCUT2D eigenvalue weighted by atomic mass is 10.1. The monoisotopic (exact) mass is 206 g/mol. The van der Waals surface area contributed by atoms with Gasteiger partial charge in [0.2, 0.25) is 0 Å². The van der Waals surface area contributed by atoms with Crippen molar-refractivity contribution in [3.63, 3.8) is 0 Å². The molecule has 4 nitrogen and oxygen atoms in total. The second kappa shape index (κ2) is 7.17. The minimum absolute atomic E-state index is 0.346. The summed E-state index contributed by atoms with van der Waals surface area (Å²) in [6.07, 6.45) is 2.64. The molecule has 0 aliphatic rings. The van der Waals surface area contributed by atoms with E-state index < -0.39 is 12.0 Å². The number of aliphatic carboxylic acids is 1. The van der Waals surface area contributed by atoms with Crippen molar-refractivity contribution in [1.82, 2.24) is 10.6 Å². The Morgan fingerprint density at radius 3 is 2.46 bits per heavy atom. The third kappa shape index (κ3) is 5.13. The van der Waals surface area contributed by atoms with Crippen molar-refractivity contribution in [1.29, 1.82) is 0 Å². The highest BCUT2D eigenvalue weighted by Gasteiger charge is 2.19. The lowest BCUT2D eigenvalue weighted by Gasteiger charge is -2.18. The number of likely N-dealkylation sites (N-methyl/N-ethyl adjacent to an activating group) is 1. The third-order valence-corrected chi connectivity index (χ3v) is 2.94.